The summed E-state index contributed by atoms with van der Waals surface area (Å²) in [5, 5.41) is 11.5. The first-order valence-electron chi connectivity index (χ1n) is 7.24. The molecule has 2 aromatic carbocycles. The summed E-state index contributed by atoms with van der Waals surface area (Å²) in [7, 11) is 3.30. The number of hydrogen-bond donors (Lipinski definition) is 1. The van der Waals surface area contributed by atoms with Gasteiger partial charge >= 0.3 is 0 Å². The average Bonchev–Trinajstić information content (AvgIpc) is 3.16. The summed E-state index contributed by atoms with van der Waals surface area (Å²) in [6.07, 6.45) is 0. The molecule has 0 spiro atoms. The van der Waals surface area contributed by atoms with Gasteiger partial charge in [0.15, 0.2) is 0 Å². The number of benzene rings is 2. The van der Waals surface area contributed by atoms with Gasteiger partial charge in [0, 0.05) is 7.05 Å². The molecule has 0 aliphatic heterocycles. The maximum Gasteiger partial charge on any atom is 0.261 e. The molecule has 122 valence electrons. The molecule has 7 heteroatoms. The lowest BCUT2D eigenvalue weighted by Crippen LogP contribution is -2.26. The van der Waals surface area contributed by atoms with Gasteiger partial charge in [0.2, 0.25) is 5.13 Å². The highest BCUT2D eigenvalue weighted by molar-refractivity contribution is 7.13. The van der Waals surface area contributed by atoms with Crippen molar-refractivity contribution in [2.45, 2.75) is 0 Å². The lowest BCUT2D eigenvalue weighted by atomic mass is 10.1. The molecule has 0 radical (unpaired) electrons. The first kappa shape index (κ1) is 15.9. The smallest absolute Gasteiger partial charge is 0.261 e. The number of carbonyl (C=O) groups is 1. The van der Waals surface area contributed by atoms with Crippen LogP contribution >= 0.6 is 11.3 Å². The average molecular weight is 340 g/mol. The first-order valence-corrected chi connectivity index (χ1v) is 8.12. The third-order valence-electron chi connectivity index (χ3n) is 3.47. The van der Waals surface area contributed by atoms with E-state index in [1.54, 1.807) is 25.7 Å². The zero-order valence-electron chi connectivity index (χ0n) is 13.3. The molecule has 6 nitrogen and oxygen atoms in total. The van der Waals surface area contributed by atoms with E-state index >= 15 is 0 Å². The van der Waals surface area contributed by atoms with Gasteiger partial charge in [0.25, 0.3) is 5.91 Å². The van der Waals surface area contributed by atoms with Crippen LogP contribution in [0.25, 0.3) is 0 Å². The SMILES string of the molecule is COc1ccccc1Nc1ccccc1C(=O)N(C)c1nncs1. The minimum atomic E-state index is -0.162. The number of nitrogens with one attached hydrogen (secondary N) is 1. The molecular weight excluding hydrogens is 324 g/mol. The second-order valence-corrected chi connectivity index (χ2v) is 5.77. The number of hydrogen-bond acceptors (Lipinski definition) is 6. The molecule has 1 heterocycles. The summed E-state index contributed by atoms with van der Waals surface area (Å²) in [5.41, 5.74) is 3.63. The van der Waals surface area contributed by atoms with Crippen LogP contribution in [0.5, 0.6) is 5.75 Å². The Morgan fingerprint density at radius 2 is 1.83 bits per heavy atom. The number of anilines is 3. The van der Waals surface area contributed by atoms with Crippen LogP contribution < -0.4 is 15.0 Å². The van der Waals surface area contributed by atoms with E-state index in [4.69, 9.17) is 4.74 Å². The Bertz CT molecular complexity index is 836. The largest absolute Gasteiger partial charge is 0.495 e. The summed E-state index contributed by atoms with van der Waals surface area (Å²) in [5.74, 6) is 0.543. The zero-order valence-corrected chi connectivity index (χ0v) is 14.1. The molecule has 0 aliphatic carbocycles. The van der Waals surface area contributed by atoms with Gasteiger partial charge in [0.05, 0.1) is 24.0 Å². The van der Waals surface area contributed by atoms with E-state index in [-0.39, 0.29) is 5.91 Å². The van der Waals surface area contributed by atoms with Crippen LogP contribution in [0.2, 0.25) is 0 Å². The molecule has 0 fully saturated rings. The minimum Gasteiger partial charge on any atom is -0.495 e. The van der Waals surface area contributed by atoms with Gasteiger partial charge in [-0.3, -0.25) is 9.69 Å². The van der Waals surface area contributed by atoms with Gasteiger partial charge in [-0.2, -0.15) is 0 Å². The van der Waals surface area contributed by atoms with Crippen molar-refractivity contribution < 1.29 is 9.53 Å². The van der Waals surface area contributed by atoms with Crippen molar-refractivity contribution in [2.24, 2.45) is 0 Å². The molecule has 3 rings (SSSR count). The Balaban J connectivity index is 1.92. The molecule has 0 aliphatic rings. The van der Waals surface area contributed by atoms with Crippen molar-refractivity contribution in [2.75, 3.05) is 24.4 Å². The fraction of sp³-hybridized carbons (Fsp3) is 0.118. The lowest BCUT2D eigenvalue weighted by Gasteiger charge is -2.17. The predicted octanol–water partition coefficient (Wildman–Crippen LogP) is 3.57. The summed E-state index contributed by atoms with van der Waals surface area (Å²) in [4.78, 5) is 14.3. The van der Waals surface area contributed by atoms with Crippen molar-refractivity contribution in [1.82, 2.24) is 10.2 Å². The van der Waals surface area contributed by atoms with Crippen molar-refractivity contribution in [3.05, 3.63) is 59.6 Å². The fourth-order valence-electron chi connectivity index (χ4n) is 2.25. The molecule has 0 saturated carbocycles. The second kappa shape index (κ2) is 7.10. The monoisotopic (exact) mass is 340 g/mol. The number of carbonyl (C=O) groups excluding carboxylic acids is 1. The highest BCUT2D eigenvalue weighted by atomic mass is 32.1. The van der Waals surface area contributed by atoms with Crippen LogP contribution in [0.1, 0.15) is 10.4 Å². The van der Waals surface area contributed by atoms with Crippen LogP contribution in [0.15, 0.2) is 54.0 Å². The van der Waals surface area contributed by atoms with E-state index in [1.165, 1.54) is 16.2 Å². The molecule has 1 N–H and O–H groups in total. The minimum absolute atomic E-state index is 0.162. The number of para-hydroxylation sites is 3. The van der Waals surface area contributed by atoms with Crippen LogP contribution in [0.3, 0.4) is 0 Å². The highest BCUT2D eigenvalue weighted by Gasteiger charge is 2.19. The summed E-state index contributed by atoms with van der Waals surface area (Å²) in [6.45, 7) is 0. The number of nitrogens with zero attached hydrogens (tertiary/aromatic N) is 3. The second-order valence-electron chi connectivity index (χ2n) is 4.96. The van der Waals surface area contributed by atoms with E-state index < -0.39 is 0 Å². The Morgan fingerprint density at radius 1 is 1.12 bits per heavy atom. The van der Waals surface area contributed by atoms with Crippen LogP contribution in [-0.4, -0.2) is 30.3 Å². The number of amides is 1. The van der Waals surface area contributed by atoms with Gasteiger partial charge in [0.1, 0.15) is 11.3 Å². The van der Waals surface area contributed by atoms with Gasteiger partial charge < -0.3 is 10.1 Å². The highest BCUT2D eigenvalue weighted by Crippen LogP contribution is 2.29. The molecule has 3 aromatic rings. The third-order valence-corrected chi connectivity index (χ3v) is 4.24. The lowest BCUT2D eigenvalue weighted by molar-refractivity contribution is 0.0993. The van der Waals surface area contributed by atoms with E-state index in [0.29, 0.717) is 22.1 Å². The van der Waals surface area contributed by atoms with Gasteiger partial charge in [-0.25, -0.2) is 0 Å². The van der Waals surface area contributed by atoms with Crippen LogP contribution in [0, 0.1) is 0 Å². The van der Waals surface area contributed by atoms with Crippen molar-refractivity contribution >= 4 is 33.8 Å². The normalized spacial score (nSPS) is 10.2. The van der Waals surface area contributed by atoms with Gasteiger partial charge in [-0.05, 0) is 24.3 Å². The number of aromatic nitrogens is 2. The predicted molar refractivity (Wildman–Crippen MR) is 95.4 cm³/mol. The van der Waals surface area contributed by atoms with Gasteiger partial charge in [-0.15, -0.1) is 10.2 Å². The van der Waals surface area contributed by atoms with Crippen LogP contribution in [-0.2, 0) is 0 Å². The number of ether oxygens (including phenoxy) is 1. The standard InChI is InChI=1S/C17H16N4O2S/c1-21(17-20-18-11-24-17)16(22)12-7-3-4-8-13(12)19-14-9-5-6-10-15(14)23-2/h3-11,19H,1-2H3. The molecule has 24 heavy (non-hydrogen) atoms. The van der Waals surface area contributed by atoms with Crippen molar-refractivity contribution in [1.29, 1.82) is 0 Å². The van der Waals surface area contributed by atoms with Crippen molar-refractivity contribution in [3.8, 4) is 5.75 Å². The Kier molecular flexibility index (Phi) is 4.72. The summed E-state index contributed by atoms with van der Waals surface area (Å²) < 4.78 is 5.35. The maximum absolute atomic E-state index is 12.8. The summed E-state index contributed by atoms with van der Waals surface area (Å²) >= 11 is 1.31. The molecule has 0 atom stereocenters. The topological polar surface area (TPSA) is 67.3 Å². The van der Waals surface area contributed by atoms with E-state index in [2.05, 4.69) is 15.5 Å². The molecule has 0 unspecified atom stereocenters. The molecule has 1 aromatic heterocycles. The maximum atomic E-state index is 12.8. The fourth-order valence-corrected chi connectivity index (χ4v) is 2.78. The number of methoxy groups -OCH3 is 1. The van der Waals surface area contributed by atoms with E-state index in [1.807, 2.05) is 42.5 Å². The van der Waals surface area contributed by atoms with Gasteiger partial charge in [-0.1, -0.05) is 35.6 Å². The number of rotatable bonds is 5. The first-order chi connectivity index (χ1) is 11.7. The third kappa shape index (κ3) is 3.21. The molecule has 0 saturated heterocycles. The molecule has 1 amide bonds. The Hall–Kier alpha value is -2.93. The van der Waals surface area contributed by atoms with E-state index in [9.17, 15) is 4.79 Å². The Morgan fingerprint density at radius 3 is 2.54 bits per heavy atom. The molecular formula is C17H16N4O2S. The Labute approximate surface area is 143 Å². The quantitative estimate of drug-likeness (QED) is 0.769. The zero-order chi connectivity index (χ0) is 16.9. The van der Waals surface area contributed by atoms with E-state index in [0.717, 1.165) is 5.69 Å². The van der Waals surface area contributed by atoms with Crippen LogP contribution in [0.4, 0.5) is 16.5 Å². The van der Waals surface area contributed by atoms with Crippen molar-refractivity contribution in [3.63, 3.8) is 0 Å². The summed E-state index contributed by atoms with van der Waals surface area (Å²) in [6, 6.07) is 14.9. The molecule has 0 bridgehead atoms.